The van der Waals surface area contributed by atoms with Crippen LogP contribution >= 0.6 is 23.8 Å². The first kappa shape index (κ1) is 24.6. The van der Waals surface area contributed by atoms with Gasteiger partial charge in [-0.1, -0.05) is 36.0 Å². The number of carbonyl (C=O) groups is 1. The molecule has 0 aromatic carbocycles. The smallest absolute Gasteiger partial charge is 0.271 e. The number of hydrogen-bond acceptors (Lipinski definition) is 6. The number of hydrogen-bond donors (Lipinski definition) is 1. The summed E-state index contributed by atoms with van der Waals surface area (Å²) in [6, 6.07) is 3.67. The standard InChI is InChI=1S/C25H35ClN6O2S/c26-20-7-4-10-27-22(20)30-13-15-31(16-14-30)23(33)21-17-25(34-29-21)8-11-32(12-9-25)24(35)28-18-19-5-2-1-3-6-19/h4,7,10,19H,1-3,5-6,8-9,11-18H2,(H,28,35). The molecule has 190 valence electrons. The molecule has 8 nitrogen and oxygen atoms in total. The molecule has 0 bridgehead atoms. The second kappa shape index (κ2) is 10.9. The summed E-state index contributed by atoms with van der Waals surface area (Å²) in [5.41, 5.74) is 0.171. The molecule has 4 heterocycles. The van der Waals surface area contributed by atoms with Gasteiger partial charge < -0.3 is 24.9 Å². The van der Waals surface area contributed by atoms with Crippen molar-refractivity contribution in [3.8, 4) is 0 Å². The van der Waals surface area contributed by atoms with Crippen molar-refractivity contribution in [3.63, 3.8) is 0 Å². The first-order valence-electron chi connectivity index (χ1n) is 13.0. The van der Waals surface area contributed by atoms with Gasteiger partial charge in [-0.15, -0.1) is 0 Å². The number of anilines is 1. The van der Waals surface area contributed by atoms with Crippen molar-refractivity contribution < 1.29 is 9.63 Å². The van der Waals surface area contributed by atoms with Crippen molar-refractivity contribution in [2.45, 2.75) is 57.0 Å². The number of thiocarbonyl (C=S) groups is 1. The number of nitrogens with one attached hydrogen (secondary N) is 1. The maximum absolute atomic E-state index is 13.2. The number of piperazine rings is 1. The third-order valence-electron chi connectivity index (χ3n) is 7.92. The molecule has 5 rings (SSSR count). The fourth-order valence-corrected chi connectivity index (χ4v) is 6.18. The molecule has 1 aromatic heterocycles. The Labute approximate surface area is 218 Å². The third kappa shape index (κ3) is 5.66. The minimum atomic E-state index is -0.371. The Morgan fingerprint density at radius 1 is 1.11 bits per heavy atom. The van der Waals surface area contributed by atoms with E-state index in [-0.39, 0.29) is 11.5 Å². The zero-order valence-electron chi connectivity index (χ0n) is 20.3. The average Bonchev–Trinajstić information content (AvgIpc) is 3.31. The van der Waals surface area contributed by atoms with Crippen molar-refractivity contribution >= 4 is 46.4 Å². The van der Waals surface area contributed by atoms with Crippen molar-refractivity contribution in [2.24, 2.45) is 11.1 Å². The molecule has 1 aliphatic carbocycles. The molecule has 1 spiro atoms. The molecule has 10 heteroatoms. The van der Waals surface area contributed by atoms with Gasteiger partial charge in [0, 0.05) is 71.3 Å². The Morgan fingerprint density at radius 3 is 2.57 bits per heavy atom. The van der Waals surface area contributed by atoms with E-state index in [1.54, 1.807) is 6.20 Å². The highest BCUT2D eigenvalue weighted by atomic mass is 35.5. The van der Waals surface area contributed by atoms with Gasteiger partial charge in [-0.25, -0.2) is 4.98 Å². The first-order chi connectivity index (χ1) is 17.0. The van der Waals surface area contributed by atoms with Crippen LogP contribution < -0.4 is 10.2 Å². The van der Waals surface area contributed by atoms with Gasteiger partial charge in [0.25, 0.3) is 5.91 Å². The van der Waals surface area contributed by atoms with E-state index in [0.29, 0.717) is 43.3 Å². The fourth-order valence-electron chi connectivity index (χ4n) is 5.67. The van der Waals surface area contributed by atoms with Crippen molar-refractivity contribution in [1.82, 2.24) is 20.1 Å². The Bertz CT molecular complexity index is 953. The van der Waals surface area contributed by atoms with E-state index in [1.807, 2.05) is 17.0 Å². The molecule has 4 aliphatic rings. The highest BCUT2D eigenvalue weighted by Crippen LogP contribution is 2.35. The average molecular weight is 519 g/mol. The van der Waals surface area contributed by atoms with E-state index < -0.39 is 0 Å². The summed E-state index contributed by atoms with van der Waals surface area (Å²) in [7, 11) is 0. The van der Waals surface area contributed by atoms with Crippen LogP contribution in [0.4, 0.5) is 5.82 Å². The molecule has 0 radical (unpaired) electrons. The molecule has 0 atom stereocenters. The van der Waals surface area contributed by atoms with Crippen LogP contribution in [0.15, 0.2) is 23.5 Å². The lowest BCUT2D eigenvalue weighted by Gasteiger charge is -2.39. The van der Waals surface area contributed by atoms with Crippen LogP contribution in [0.25, 0.3) is 0 Å². The minimum absolute atomic E-state index is 0.0132. The molecular weight excluding hydrogens is 484 g/mol. The highest BCUT2D eigenvalue weighted by molar-refractivity contribution is 7.80. The number of oxime groups is 1. The van der Waals surface area contributed by atoms with Gasteiger partial charge in [0.05, 0.1) is 5.02 Å². The zero-order chi connectivity index (χ0) is 24.3. The Balaban J connectivity index is 1.06. The summed E-state index contributed by atoms with van der Waals surface area (Å²) >= 11 is 12.0. The van der Waals surface area contributed by atoms with Gasteiger partial charge in [0.15, 0.2) is 5.11 Å². The van der Waals surface area contributed by atoms with E-state index in [0.717, 1.165) is 49.3 Å². The minimum Gasteiger partial charge on any atom is -0.388 e. The van der Waals surface area contributed by atoms with E-state index >= 15 is 0 Å². The van der Waals surface area contributed by atoms with Gasteiger partial charge in [0.2, 0.25) is 0 Å². The van der Waals surface area contributed by atoms with Gasteiger partial charge >= 0.3 is 0 Å². The van der Waals surface area contributed by atoms with Gasteiger partial charge in [-0.3, -0.25) is 4.79 Å². The van der Waals surface area contributed by atoms with Crippen LogP contribution in [0.1, 0.15) is 51.4 Å². The highest BCUT2D eigenvalue weighted by Gasteiger charge is 2.45. The van der Waals surface area contributed by atoms with Gasteiger partial charge in [0.1, 0.15) is 17.1 Å². The second-order valence-electron chi connectivity index (χ2n) is 10.3. The van der Waals surface area contributed by atoms with E-state index in [1.165, 1.54) is 32.1 Å². The second-order valence-corrected chi connectivity index (χ2v) is 11.0. The van der Waals surface area contributed by atoms with E-state index in [2.05, 4.69) is 25.3 Å². The van der Waals surface area contributed by atoms with Crippen molar-refractivity contribution in [3.05, 3.63) is 23.4 Å². The topological polar surface area (TPSA) is 73.3 Å². The van der Waals surface area contributed by atoms with Crippen LogP contribution in [0.5, 0.6) is 0 Å². The quantitative estimate of drug-likeness (QED) is 0.612. The summed E-state index contributed by atoms with van der Waals surface area (Å²) < 4.78 is 0. The number of piperidine rings is 1. The largest absolute Gasteiger partial charge is 0.388 e. The monoisotopic (exact) mass is 518 g/mol. The lowest BCUT2D eigenvalue weighted by atomic mass is 9.86. The first-order valence-corrected chi connectivity index (χ1v) is 13.7. The molecule has 3 aliphatic heterocycles. The van der Waals surface area contributed by atoms with Crippen LogP contribution in [-0.4, -0.2) is 82.9 Å². The van der Waals surface area contributed by atoms with Crippen LogP contribution in [0.3, 0.4) is 0 Å². The number of nitrogens with zero attached hydrogens (tertiary/aromatic N) is 5. The number of rotatable bonds is 4. The maximum Gasteiger partial charge on any atom is 0.271 e. The zero-order valence-corrected chi connectivity index (χ0v) is 21.8. The molecule has 1 amide bonds. The molecule has 2 saturated heterocycles. The molecule has 1 saturated carbocycles. The Hall–Kier alpha value is -2.13. The van der Waals surface area contributed by atoms with E-state index in [4.69, 9.17) is 28.7 Å². The van der Waals surface area contributed by atoms with Gasteiger partial charge in [-0.2, -0.15) is 0 Å². The maximum atomic E-state index is 13.2. The number of aromatic nitrogens is 1. The van der Waals surface area contributed by atoms with Crippen molar-refractivity contribution in [2.75, 3.05) is 50.7 Å². The number of halogens is 1. The normalized spacial score (nSPS) is 22.7. The lowest BCUT2D eigenvalue weighted by Crippen LogP contribution is -2.52. The van der Waals surface area contributed by atoms with E-state index in [9.17, 15) is 4.79 Å². The van der Waals surface area contributed by atoms with Crippen molar-refractivity contribution in [1.29, 1.82) is 0 Å². The summed E-state index contributed by atoms with van der Waals surface area (Å²) in [6.07, 6.45) is 10.7. The number of carbonyl (C=O) groups excluding carboxylic acids is 1. The SMILES string of the molecule is O=C(C1=NOC2(CCN(C(=S)NCC3CCCCC3)CC2)C1)N1CCN(c2ncccc2Cl)CC1. The number of likely N-dealkylation sites (tertiary alicyclic amines) is 1. The predicted octanol–water partition coefficient (Wildman–Crippen LogP) is 3.45. The molecular formula is C25H35ClN6O2S. The predicted molar refractivity (Wildman–Crippen MR) is 142 cm³/mol. The molecule has 0 unspecified atom stereocenters. The Kier molecular flexibility index (Phi) is 7.62. The van der Waals surface area contributed by atoms with Gasteiger partial charge in [-0.05, 0) is 43.1 Å². The van der Waals surface area contributed by atoms with Crippen LogP contribution in [0, 0.1) is 5.92 Å². The lowest BCUT2D eigenvalue weighted by molar-refractivity contribution is -0.124. The summed E-state index contributed by atoms with van der Waals surface area (Å²) in [5, 5.41) is 9.25. The molecule has 35 heavy (non-hydrogen) atoms. The number of amides is 1. The summed E-state index contributed by atoms with van der Waals surface area (Å²) in [5.74, 6) is 1.51. The van der Waals surface area contributed by atoms with Crippen LogP contribution in [-0.2, 0) is 9.63 Å². The summed E-state index contributed by atoms with van der Waals surface area (Å²) in [6.45, 7) is 5.27. The van der Waals surface area contributed by atoms with Crippen LogP contribution in [0.2, 0.25) is 5.02 Å². The molecule has 3 fully saturated rings. The fraction of sp³-hybridized carbons (Fsp3) is 0.680. The molecule has 1 N–H and O–H groups in total. The summed E-state index contributed by atoms with van der Waals surface area (Å²) in [4.78, 5) is 29.7. The third-order valence-corrected chi connectivity index (χ3v) is 8.62. The molecule has 1 aromatic rings. The Morgan fingerprint density at radius 2 is 1.86 bits per heavy atom. The number of pyridine rings is 1.